The van der Waals surface area contributed by atoms with Gasteiger partial charge in [-0.2, -0.15) is 0 Å². The minimum Gasteiger partial charge on any atom is -0.327 e. The van der Waals surface area contributed by atoms with E-state index in [-0.39, 0.29) is 30.3 Å². The van der Waals surface area contributed by atoms with Gasteiger partial charge in [0.1, 0.15) is 0 Å². The zero-order chi connectivity index (χ0) is 13.1. The summed E-state index contributed by atoms with van der Waals surface area (Å²) in [5.74, 6) is -0.145. The Morgan fingerprint density at radius 1 is 1.26 bits per heavy atom. The van der Waals surface area contributed by atoms with Gasteiger partial charge in [0.05, 0.1) is 5.92 Å². The van der Waals surface area contributed by atoms with E-state index in [0.29, 0.717) is 0 Å². The lowest BCUT2D eigenvalue weighted by molar-refractivity contribution is -0.119. The summed E-state index contributed by atoms with van der Waals surface area (Å²) in [7, 11) is 0. The van der Waals surface area contributed by atoms with Crippen LogP contribution in [0.2, 0.25) is 0 Å². The Morgan fingerprint density at radius 3 is 2.63 bits per heavy atom. The molecule has 2 atom stereocenters. The van der Waals surface area contributed by atoms with E-state index in [9.17, 15) is 4.79 Å². The van der Waals surface area contributed by atoms with Gasteiger partial charge in [-0.1, -0.05) is 19.1 Å². The normalized spacial score (nSPS) is 16.8. The Kier molecular flexibility index (Phi) is 5.83. The lowest BCUT2D eigenvalue weighted by atomic mass is 9.90. The molecule has 19 heavy (non-hydrogen) atoms. The zero-order valence-electron chi connectivity index (χ0n) is 11.6. The van der Waals surface area contributed by atoms with Gasteiger partial charge in [-0.05, 0) is 49.8 Å². The van der Waals surface area contributed by atoms with Gasteiger partial charge in [0.15, 0.2) is 0 Å². The Morgan fingerprint density at radius 2 is 1.95 bits per heavy atom. The first-order chi connectivity index (χ1) is 8.59. The van der Waals surface area contributed by atoms with Gasteiger partial charge in [0.2, 0.25) is 5.91 Å². The van der Waals surface area contributed by atoms with E-state index in [1.54, 1.807) is 0 Å². The molecule has 1 aromatic rings. The number of amides is 1. The van der Waals surface area contributed by atoms with Gasteiger partial charge >= 0.3 is 0 Å². The molecule has 0 saturated carbocycles. The van der Waals surface area contributed by atoms with Crippen molar-refractivity contribution in [1.29, 1.82) is 0 Å². The van der Waals surface area contributed by atoms with Crippen molar-refractivity contribution >= 4 is 24.0 Å². The molecular formula is C15H23ClN2O. The van der Waals surface area contributed by atoms with Crippen molar-refractivity contribution in [2.45, 2.75) is 45.6 Å². The van der Waals surface area contributed by atoms with Crippen molar-refractivity contribution in [3.63, 3.8) is 0 Å². The highest BCUT2D eigenvalue weighted by molar-refractivity contribution is 5.93. The molecule has 106 valence electrons. The quantitative estimate of drug-likeness (QED) is 0.896. The summed E-state index contributed by atoms with van der Waals surface area (Å²) < 4.78 is 0. The number of benzene rings is 1. The largest absolute Gasteiger partial charge is 0.327 e. The summed E-state index contributed by atoms with van der Waals surface area (Å²) in [6, 6.07) is 6.07. The minimum atomic E-state index is -0.163. The second kappa shape index (κ2) is 6.92. The van der Waals surface area contributed by atoms with E-state index in [1.807, 2.05) is 26.0 Å². The smallest absolute Gasteiger partial charge is 0.228 e. The van der Waals surface area contributed by atoms with E-state index in [0.717, 1.165) is 18.5 Å². The predicted octanol–water partition coefficient (Wildman–Crippen LogP) is 2.91. The Balaban J connectivity index is 0.00000180. The van der Waals surface area contributed by atoms with Crippen LogP contribution in [0.25, 0.3) is 0 Å². The highest BCUT2D eigenvalue weighted by Gasteiger charge is 2.19. The monoisotopic (exact) mass is 282 g/mol. The summed E-state index contributed by atoms with van der Waals surface area (Å²) >= 11 is 0. The van der Waals surface area contributed by atoms with Crippen molar-refractivity contribution in [1.82, 2.24) is 0 Å². The fraction of sp³-hybridized carbons (Fsp3) is 0.533. The van der Waals surface area contributed by atoms with E-state index >= 15 is 0 Å². The first-order valence-electron chi connectivity index (χ1n) is 6.77. The van der Waals surface area contributed by atoms with E-state index in [2.05, 4.69) is 11.4 Å². The van der Waals surface area contributed by atoms with Crippen LogP contribution in [-0.4, -0.2) is 11.9 Å². The number of halogens is 1. The molecule has 1 aliphatic carbocycles. The summed E-state index contributed by atoms with van der Waals surface area (Å²) in [4.78, 5) is 12.0. The van der Waals surface area contributed by atoms with Gasteiger partial charge in [-0.15, -0.1) is 12.4 Å². The Bertz CT molecular complexity index is 446. The molecule has 2 rings (SSSR count). The fourth-order valence-electron chi connectivity index (χ4n) is 2.38. The lowest BCUT2D eigenvalue weighted by Crippen LogP contribution is -2.34. The lowest BCUT2D eigenvalue weighted by Gasteiger charge is -2.21. The maximum atomic E-state index is 12.0. The van der Waals surface area contributed by atoms with E-state index in [4.69, 9.17) is 5.73 Å². The standard InChI is InChI=1S/C15H22N2O.ClH/c1-10(11(2)16)15(18)17-14-9-5-7-12-6-3-4-8-13(12)14;/h5,7,9-11H,3-4,6,8,16H2,1-2H3,(H,17,18);1H. The molecule has 1 aromatic carbocycles. The first kappa shape index (κ1) is 16.0. The van der Waals surface area contributed by atoms with Gasteiger partial charge in [-0.3, -0.25) is 4.79 Å². The molecule has 0 aromatic heterocycles. The number of nitrogens with two attached hydrogens (primary N) is 1. The summed E-state index contributed by atoms with van der Waals surface area (Å²) in [5, 5.41) is 3.03. The van der Waals surface area contributed by atoms with Crippen LogP contribution in [0, 0.1) is 5.92 Å². The molecular weight excluding hydrogens is 260 g/mol. The van der Waals surface area contributed by atoms with Gasteiger partial charge in [0.25, 0.3) is 0 Å². The molecule has 0 radical (unpaired) electrons. The fourth-order valence-corrected chi connectivity index (χ4v) is 2.38. The third-order valence-electron chi connectivity index (χ3n) is 3.86. The maximum Gasteiger partial charge on any atom is 0.228 e. The topological polar surface area (TPSA) is 55.1 Å². The van der Waals surface area contributed by atoms with Crippen LogP contribution in [0.15, 0.2) is 18.2 Å². The number of hydrogen-bond acceptors (Lipinski definition) is 2. The molecule has 0 bridgehead atoms. The second-order valence-electron chi connectivity index (χ2n) is 5.29. The number of fused-ring (bicyclic) bond motifs is 1. The van der Waals surface area contributed by atoms with Crippen LogP contribution >= 0.6 is 12.4 Å². The number of anilines is 1. The number of hydrogen-bond donors (Lipinski definition) is 2. The summed E-state index contributed by atoms with van der Waals surface area (Å²) in [6.45, 7) is 3.74. The molecule has 3 nitrogen and oxygen atoms in total. The molecule has 0 aliphatic heterocycles. The number of aryl methyl sites for hydroxylation is 1. The van der Waals surface area contributed by atoms with Gasteiger partial charge in [-0.25, -0.2) is 0 Å². The van der Waals surface area contributed by atoms with Crippen molar-refractivity contribution < 1.29 is 4.79 Å². The Labute approximate surface area is 121 Å². The number of carbonyl (C=O) groups is 1. The molecule has 1 amide bonds. The molecule has 0 heterocycles. The van der Waals surface area contributed by atoms with Gasteiger partial charge in [0, 0.05) is 11.7 Å². The van der Waals surface area contributed by atoms with Gasteiger partial charge < -0.3 is 11.1 Å². The van der Waals surface area contributed by atoms with Crippen molar-refractivity contribution in [2.75, 3.05) is 5.32 Å². The van der Waals surface area contributed by atoms with Crippen molar-refractivity contribution in [3.05, 3.63) is 29.3 Å². The zero-order valence-corrected chi connectivity index (χ0v) is 12.4. The van der Waals surface area contributed by atoms with E-state index < -0.39 is 0 Å². The molecule has 1 aliphatic rings. The van der Waals surface area contributed by atoms with Crippen LogP contribution in [0.4, 0.5) is 5.69 Å². The molecule has 0 spiro atoms. The first-order valence-corrected chi connectivity index (χ1v) is 6.77. The Hall–Kier alpha value is -1.06. The highest BCUT2D eigenvalue weighted by Crippen LogP contribution is 2.28. The predicted molar refractivity (Wildman–Crippen MR) is 81.8 cm³/mol. The van der Waals surface area contributed by atoms with Crippen LogP contribution in [0.3, 0.4) is 0 Å². The van der Waals surface area contributed by atoms with Crippen LogP contribution in [0.1, 0.15) is 37.8 Å². The van der Waals surface area contributed by atoms with Crippen LogP contribution in [-0.2, 0) is 17.6 Å². The third-order valence-corrected chi connectivity index (χ3v) is 3.86. The minimum absolute atomic E-state index is 0. The molecule has 4 heteroatoms. The number of carbonyl (C=O) groups excluding carboxylic acids is 1. The van der Waals surface area contributed by atoms with Crippen molar-refractivity contribution in [3.8, 4) is 0 Å². The second-order valence-corrected chi connectivity index (χ2v) is 5.29. The molecule has 3 N–H and O–H groups in total. The maximum absolute atomic E-state index is 12.0. The highest BCUT2D eigenvalue weighted by atomic mass is 35.5. The summed E-state index contributed by atoms with van der Waals surface area (Å²) in [5.41, 5.74) is 9.44. The third kappa shape index (κ3) is 3.71. The SMILES string of the molecule is CC(N)C(C)C(=O)Nc1cccc2c1CCCC2.Cl. The van der Waals surface area contributed by atoms with E-state index in [1.165, 1.54) is 24.0 Å². The average molecular weight is 283 g/mol. The van der Waals surface area contributed by atoms with Crippen LogP contribution in [0.5, 0.6) is 0 Å². The summed E-state index contributed by atoms with van der Waals surface area (Å²) in [6.07, 6.45) is 4.66. The van der Waals surface area contributed by atoms with Crippen molar-refractivity contribution in [2.24, 2.45) is 11.7 Å². The molecule has 2 unspecified atom stereocenters. The molecule has 0 fully saturated rings. The number of rotatable bonds is 3. The number of nitrogens with one attached hydrogen (secondary N) is 1. The van der Waals surface area contributed by atoms with Crippen LogP contribution < -0.4 is 11.1 Å². The average Bonchev–Trinajstić information content (AvgIpc) is 2.38. The molecule has 0 saturated heterocycles.